The summed E-state index contributed by atoms with van der Waals surface area (Å²) < 4.78 is 69.8. The number of rotatable bonds is 10. The summed E-state index contributed by atoms with van der Waals surface area (Å²) in [6.07, 6.45) is -3.99. The van der Waals surface area contributed by atoms with Crippen LogP contribution in [-0.4, -0.2) is 17.7 Å². The van der Waals surface area contributed by atoms with Crippen molar-refractivity contribution in [1.82, 2.24) is 0 Å². The zero-order valence-electron chi connectivity index (χ0n) is 19.0. The van der Waals surface area contributed by atoms with Crippen LogP contribution >= 0.6 is 23.5 Å². The molecule has 0 amide bonds. The molecule has 0 aliphatic carbocycles. The number of anilines is 1. The van der Waals surface area contributed by atoms with E-state index in [0.29, 0.717) is 18.6 Å². The average Bonchev–Trinajstić information content (AvgIpc) is 2.73. The molecule has 0 radical (unpaired) electrons. The largest absolute Gasteiger partial charge is 0.496 e. The molecule has 0 spiro atoms. The van der Waals surface area contributed by atoms with E-state index >= 15 is 0 Å². The lowest BCUT2D eigenvalue weighted by Gasteiger charge is -2.22. The zero-order chi connectivity index (χ0) is 25.0. The molecule has 2 rings (SSSR count). The van der Waals surface area contributed by atoms with E-state index in [1.165, 1.54) is 19.2 Å². The van der Waals surface area contributed by atoms with Gasteiger partial charge in [0.15, 0.2) is 5.75 Å². The molecule has 0 aliphatic rings. The van der Waals surface area contributed by atoms with Gasteiger partial charge in [-0.15, -0.1) is 0 Å². The smallest absolute Gasteiger partial charge is 0.420 e. The SMILES string of the molecule is CCC(CC)P(=O)(O)ONc1cc(Br)c(Oc2ccc(OC)c(C(C)C)c2)c(C(F)(F)F)c1. The van der Waals surface area contributed by atoms with Gasteiger partial charge in [-0.25, -0.2) is 0 Å². The normalized spacial score (nSPS) is 13.8. The van der Waals surface area contributed by atoms with Crippen LogP contribution in [0, 0.1) is 0 Å². The van der Waals surface area contributed by atoms with Crippen molar-refractivity contribution in [3.05, 3.63) is 45.9 Å². The van der Waals surface area contributed by atoms with Crippen molar-refractivity contribution in [2.24, 2.45) is 0 Å². The first-order valence-electron chi connectivity index (χ1n) is 10.4. The summed E-state index contributed by atoms with van der Waals surface area (Å²) in [4.78, 5) is 10.1. The summed E-state index contributed by atoms with van der Waals surface area (Å²) >= 11 is 3.12. The number of halogens is 4. The molecule has 0 saturated carbocycles. The molecular weight excluding hydrogens is 526 g/mol. The van der Waals surface area contributed by atoms with Crippen molar-refractivity contribution in [3.63, 3.8) is 0 Å². The van der Waals surface area contributed by atoms with Gasteiger partial charge in [0.2, 0.25) is 0 Å². The molecule has 1 unspecified atom stereocenters. The minimum Gasteiger partial charge on any atom is -0.496 e. The second kappa shape index (κ2) is 11.1. The molecule has 184 valence electrons. The molecule has 0 bridgehead atoms. The van der Waals surface area contributed by atoms with E-state index in [2.05, 4.69) is 21.4 Å². The zero-order valence-corrected chi connectivity index (χ0v) is 21.5. The van der Waals surface area contributed by atoms with Gasteiger partial charge in [0.05, 0.1) is 22.9 Å². The van der Waals surface area contributed by atoms with Crippen LogP contribution in [0.2, 0.25) is 0 Å². The Bertz CT molecular complexity index is 1010. The van der Waals surface area contributed by atoms with Gasteiger partial charge < -0.3 is 14.4 Å². The highest BCUT2D eigenvalue weighted by Gasteiger charge is 2.37. The fraction of sp³-hybridized carbons (Fsp3) is 0.455. The van der Waals surface area contributed by atoms with E-state index in [1.54, 1.807) is 26.0 Å². The number of hydrogen-bond acceptors (Lipinski definition) is 5. The van der Waals surface area contributed by atoms with Crippen molar-refractivity contribution in [3.8, 4) is 17.2 Å². The third kappa shape index (κ3) is 6.88. The lowest BCUT2D eigenvalue weighted by molar-refractivity contribution is -0.138. The molecule has 33 heavy (non-hydrogen) atoms. The number of ether oxygens (including phenoxy) is 2. The monoisotopic (exact) mass is 553 g/mol. The number of methoxy groups -OCH3 is 1. The van der Waals surface area contributed by atoms with Crippen molar-refractivity contribution in [2.45, 2.75) is 58.3 Å². The first-order valence-corrected chi connectivity index (χ1v) is 12.8. The molecule has 0 aromatic heterocycles. The van der Waals surface area contributed by atoms with Crippen molar-refractivity contribution in [1.29, 1.82) is 0 Å². The van der Waals surface area contributed by atoms with Crippen molar-refractivity contribution >= 4 is 29.2 Å². The Morgan fingerprint density at radius 1 is 1.15 bits per heavy atom. The number of hydrogen-bond donors (Lipinski definition) is 2. The van der Waals surface area contributed by atoms with Gasteiger partial charge in [-0.3, -0.25) is 10.0 Å². The second-order valence-corrected chi connectivity index (χ2v) is 10.6. The second-order valence-electron chi connectivity index (χ2n) is 7.72. The summed E-state index contributed by atoms with van der Waals surface area (Å²) in [7, 11) is -2.56. The molecule has 6 nitrogen and oxygen atoms in total. The van der Waals surface area contributed by atoms with Crippen LogP contribution < -0.4 is 15.0 Å². The Morgan fingerprint density at radius 3 is 2.30 bits per heavy atom. The predicted octanol–water partition coefficient (Wildman–Crippen LogP) is 8.11. The molecule has 2 aromatic rings. The minimum absolute atomic E-state index is 0.0133. The Kier molecular flexibility index (Phi) is 9.27. The molecule has 0 aliphatic heterocycles. The summed E-state index contributed by atoms with van der Waals surface area (Å²) in [5, 5.41) is 0. The lowest BCUT2D eigenvalue weighted by atomic mass is 10.0. The Balaban J connectivity index is 2.41. The first kappa shape index (κ1) is 27.5. The molecular formula is C22H28BrF3NO5P. The van der Waals surface area contributed by atoms with Gasteiger partial charge in [-0.2, -0.15) is 17.8 Å². The van der Waals surface area contributed by atoms with Crippen LogP contribution in [0.15, 0.2) is 34.8 Å². The maximum atomic E-state index is 13.9. The number of benzene rings is 2. The van der Waals surface area contributed by atoms with Crippen molar-refractivity contribution < 1.29 is 36.7 Å². The summed E-state index contributed by atoms with van der Waals surface area (Å²) in [6, 6.07) is 6.82. The van der Waals surface area contributed by atoms with E-state index in [-0.39, 0.29) is 21.8 Å². The van der Waals surface area contributed by atoms with E-state index in [4.69, 9.17) is 14.1 Å². The van der Waals surface area contributed by atoms with E-state index in [9.17, 15) is 22.6 Å². The fourth-order valence-electron chi connectivity index (χ4n) is 3.25. The van der Waals surface area contributed by atoms with Gasteiger partial charge >= 0.3 is 13.8 Å². The van der Waals surface area contributed by atoms with Gasteiger partial charge in [0, 0.05) is 5.56 Å². The summed E-state index contributed by atoms with van der Waals surface area (Å²) in [5.41, 5.74) is 1.11. The Morgan fingerprint density at radius 2 is 1.79 bits per heavy atom. The van der Waals surface area contributed by atoms with Crippen LogP contribution in [0.25, 0.3) is 0 Å². The van der Waals surface area contributed by atoms with Gasteiger partial charge in [-0.1, -0.05) is 27.7 Å². The molecule has 1 atom stereocenters. The summed E-state index contributed by atoms with van der Waals surface area (Å²) in [6.45, 7) is 7.32. The summed E-state index contributed by atoms with van der Waals surface area (Å²) in [5.74, 6) is 0.424. The number of alkyl halides is 3. The van der Waals surface area contributed by atoms with Crippen LogP contribution in [0.3, 0.4) is 0 Å². The highest BCUT2D eigenvalue weighted by atomic mass is 79.9. The third-order valence-corrected chi connectivity index (χ3v) is 7.69. The highest BCUT2D eigenvalue weighted by molar-refractivity contribution is 9.10. The van der Waals surface area contributed by atoms with Crippen LogP contribution in [0.5, 0.6) is 17.2 Å². The highest BCUT2D eigenvalue weighted by Crippen LogP contribution is 2.51. The van der Waals surface area contributed by atoms with E-state index in [0.717, 1.165) is 11.6 Å². The van der Waals surface area contributed by atoms with E-state index in [1.807, 2.05) is 13.8 Å². The van der Waals surface area contributed by atoms with Gasteiger partial charge in [0.1, 0.15) is 17.1 Å². The van der Waals surface area contributed by atoms with Gasteiger partial charge in [0.25, 0.3) is 0 Å². The standard InChI is InChI=1S/C22H28BrF3NO5P/c1-6-16(7-2)33(28,29)32-27-14-10-18(22(24,25)26)21(19(23)11-14)31-15-8-9-20(30-5)17(12-15)13(3)4/h8-13,16,27H,6-7H2,1-5H3,(H,28,29). The third-order valence-electron chi connectivity index (χ3n) is 5.09. The fourth-order valence-corrected chi connectivity index (χ4v) is 5.10. The maximum absolute atomic E-state index is 13.9. The van der Waals surface area contributed by atoms with Crippen LogP contribution in [0.1, 0.15) is 57.6 Å². The number of nitrogens with one attached hydrogen (secondary N) is 1. The Hall–Kier alpha value is -1.74. The quantitative estimate of drug-likeness (QED) is 0.228. The molecule has 0 fully saturated rings. The van der Waals surface area contributed by atoms with Crippen molar-refractivity contribution in [2.75, 3.05) is 12.6 Å². The Labute approximate surface area is 200 Å². The topological polar surface area (TPSA) is 77.0 Å². The van der Waals surface area contributed by atoms with Gasteiger partial charge in [-0.05, 0) is 65.0 Å². The minimum atomic E-state index is -4.76. The van der Waals surface area contributed by atoms with Crippen LogP contribution in [0.4, 0.5) is 18.9 Å². The molecule has 0 heterocycles. The predicted molar refractivity (Wildman–Crippen MR) is 125 cm³/mol. The van der Waals surface area contributed by atoms with E-state index < -0.39 is 30.7 Å². The lowest BCUT2D eigenvalue weighted by Crippen LogP contribution is -2.13. The molecule has 11 heteroatoms. The first-order chi connectivity index (χ1) is 15.3. The molecule has 2 aromatic carbocycles. The maximum Gasteiger partial charge on any atom is 0.420 e. The van der Waals surface area contributed by atoms with Crippen LogP contribution in [-0.2, 0) is 15.4 Å². The molecule has 0 saturated heterocycles. The average molecular weight is 554 g/mol. The molecule has 2 N–H and O–H groups in total.